The zero-order chi connectivity index (χ0) is 18.9. The maximum atomic E-state index is 11.7. The van der Waals surface area contributed by atoms with Crippen LogP contribution in [0.4, 0.5) is 5.69 Å². The van der Waals surface area contributed by atoms with Crippen molar-refractivity contribution >= 4 is 22.6 Å². The molecule has 2 heterocycles. The Morgan fingerprint density at radius 2 is 1.85 bits per heavy atom. The Balaban J connectivity index is 1.70. The van der Waals surface area contributed by atoms with Gasteiger partial charge in [0.25, 0.3) is 5.72 Å². The molecule has 0 amide bonds. The molecule has 27 heavy (non-hydrogen) atoms. The summed E-state index contributed by atoms with van der Waals surface area (Å²) in [6.07, 6.45) is 2.12. The predicted octanol–water partition coefficient (Wildman–Crippen LogP) is 3.82. The van der Waals surface area contributed by atoms with E-state index in [0.717, 1.165) is 47.3 Å². The lowest BCUT2D eigenvalue weighted by Gasteiger charge is -2.24. The van der Waals surface area contributed by atoms with Gasteiger partial charge in [0.2, 0.25) is 0 Å². The van der Waals surface area contributed by atoms with Crippen LogP contribution in [0.1, 0.15) is 31.4 Å². The van der Waals surface area contributed by atoms with Gasteiger partial charge in [0.1, 0.15) is 11.4 Å². The summed E-state index contributed by atoms with van der Waals surface area (Å²) in [6.45, 7) is 6.20. The average Bonchev–Trinajstić information content (AvgIpc) is 3.03. The Hall–Kier alpha value is -1.98. The SMILES string of the molecule is CCOc1ccc([C@]2(O)CN(c3ccc(CC)cc3)C3=[N+]2CCCS3)cc1. The summed E-state index contributed by atoms with van der Waals surface area (Å²) in [7, 11) is 0. The van der Waals surface area contributed by atoms with Crippen LogP contribution in [-0.4, -0.2) is 40.3 Å². The lowest BCUT2D eigenvalue weighted by molar-refractivity contribution is -0.656. The van der Waals surface area contributed by atoms with Gasteiger partial charge in [0.05, 0.1) is 13.2 Å². The zero-order valence-corrected chi connectivity index (χ0v) is 16.8. The van der Waals surface area contributed by atoms with E-state index in [1.165, 1.54) is 5.56 Å². The third kappa shape index (κ3) is 3.34. The molecule has 0 aromatic heterocycles. The Bertz CT molecular complexity index is 832. The monoisotopic (exact) mass is 383 g/mol. The number of hydrogen-bond acceptors (Lipinski definition) is 4. The molecule has 0 aliphatic carbocycles. The van der Waals surface area contributed by atoms with Crippen molar-refractivity contribution in [2.24, 2.45) is 0 Å². The molecule has 0 fully saturated rings. The maximum Gasteiger partial charge on any atom is 0.316 e. The summed E-state index contributed by atoms with van der Waals surface area (Å²) >= 11 is 1.84. The molecule has 1 N–H and O–H groups in total. The number of β-amino-alcohol motifs (C(OH)–C–C–N with tert-alkyl or cyclic N) is 1. The molecule has 2 aromatic rings. The molecule has 0 bridgehead atoms. The number of nitrogens with zero attached hydrogens (tertiary/aromatic N) is 2. The second-order valence-corrected chi connectivity index (χ2v) is 8.08. The van der Waals surface area contributed by atoms with Crippen molar-refractivity contribution in [2.75, 3.05) is 30.3 Å². The summed E-state index contributed by atoms with van der Waals surface area (Å²) in [5, 5.41) is 12.9. The van der Waals surface area contributed by atoms with Crippen LogP contribution in [-0.2, 0) is 12.1 Å². The molecular weight excluding hydrogens is 356 g/mol. The standard InChI is InChI=1S/C22H27N2O2S/c1-3-17-6-10-19(11-7-17)23-16-22(25,24-14-5-15-27-21(23)24)18-8-12-20(13-9-18)26-4-2/h6-13,25H,3-5,14-16H2,1-2H3/q+1/t22-/m1/s1. The first-order valence-corrected chi connectivity index (χ1v) is 10.7. The van der Waals surface area contributed by atoms with Crippen LogP contribution in [0.3, 0.4) is 0 Å². The van der Waals surface area contributed by atoms with Crippen molar-refractivity contribution in [3.8, 4) is 5.75 Å². The molecule has 4 rings (SSSR count). The summed E-state index contributed by atoms with van der Waals surface area (Å²) in [5.74, 6) is 1.93. The van der Waals surface area contributed by atoms with Crippen LogP contribution in [0.5, 0.6) is 5.75 Å². The van der Waals surface area contributed by atoms with Crippen LogP contribution in [0, 0.1) is 0 Å². The van der Waals surface area contributed by atoms with Crippen LogP contribution in [0.2, 0.25) is 0 Å². The van der Waals surface area contributed by atoms with Crippen molar-refractivity contribution in [3.05, 3.63) is 59.7 Å². The molecular formula is C22H27N2O2S+. The molecule has 4 nitrogen and oxygen atoms in total. The Morgan fingerprint density at radius 3 is 2.52 bits per heavy atom. The Kier molecular flexibility index (Phi) is 5.15. The fourth-order valence-corrected chi connectivity index (χ4v) is 5.03. The van der Waals surface area contributed by atoms with E-state index in [4.69, 9.17) is 4.74 Å². The van der Waals surface area contributed by atoms with E-state index in [1.54, 1.807) is 0 Å². The number of thioether (sulfide) groups is 1. The van der Waals surface area contributed by atoms with Crippen LogP contribution >= 0.6 is 11.8 Å². The fraction of sp³-hybridized carbons (Fsp3) is 0.409. The van der Waals surface area contributed by atoms with Gasteiger partial charge in [-0.25, -0.2) is 9.48 Å². The van der Waals surface area contributed by atoms with E-state index in [9.17, 15) is 5.11 Å². The molecule has 142 valence electrons. The molecule has 0 unspecified atom stereocenters. The van der Waals surface area contributed by atoms with E-state index in [1.807, 2.05) is 43.0 Å². The van der Waals surface area contributed by atoms with Gasteiger partial charge in [0, 0.05) is 11.3 Å². The molecule has 0 saturated heterocycles. The van der Waals surface area contributed by atoms with Gasteiger partial charge < -0.3 is 9.84 Å². The minimum absolute atomic E-state index is 0.536. The Morgan fingerprint density at radius 1 is 1.11 bits per heavy atom. The van der Waals surface area contributed by atoms with Gasteiger partial charge in [0.15, 0.2) is 6.54 Å². The van der Waals surface area contributed by atoms with Crippen molar-refractivity contribution < 1.29 is 14.4 Å². The van der Waals surface area contributed by atoms with Crippen molar-refractivity contribution in [1.29, 1.82) is 0 Å². The highest BCUT2D eigenvalue weighted by Gasteiger charge is 2.53. The van der Waals surface area contributed by atoms with Crippen LogP contribution in [0.25, 0.3) is 0 Å². The second-order valence-electron chi connectivity index (χ2n) is 7.02. The highest BCUT2D eigenvalue weighted by Crippen LogP contribution is 2.38. The zero-order valence-electron chi connectivity index (χ0n) is 16.0. The summed E-state index contributed by atoms with van der Waals surface area (Å²) < 4.78 is 7.73. The predicted molar refractivity (Wildman–Crippen MR) is 112 cm³/mol. The molecule has 1 atom stereocenters. The highest BCUT2D eigenvalue weighted by molar-refractivity contribution is 8.13. The van der Waals surface area contributed by atoms with E-state index < -0.39 is 5.72 Å². The average molecular weight is 384 g/mol. The summed E-state index contributed by atoms with van der Waals surface area (Å²) in [5.41, 5.74) is 2.37. The number of aliphatic hydroxyl groups is 1. The normalized spacial score (nSPS) is 22.1. The molecule has 2 aromatic carbocycles. The topological polar surface area (TPSA) is 35.7 Å². The number of rotatable bonds is 5. The van der Waals surface area contributed by atoms with Crippen molar-refractivity contribution in [3.63, 3.8) is 0 Å². The molecule has 0 spiro atoms. The van der Waals surface area contributed by atoms with Gasteiger partial charge in [-0.1, -0.05) is 19.1 Å². The lowest BCUT2D eigenvalue weighted by atomic mass is 10.0. The van der Waals surface area contributed by atoms with Gasteiger partial charge in [-0.15, -0.1) is 0 Å². The number of ether oxygens (including phenoxy) is 1. The van der Waals surface area contributed by atoms with E-state index >= 15 is 0 Å². The third-order valence-electron chi connectivity index (χ3n) is 5.33. The van der Waals surface area contributed by atoms with Gasteiger partial charge in [-0.2, -0.15) is 0 Å². The quantitative estimate of drug-likeness (QED) is 0.797. The minimum atomic E-state index is -1.02. The smallest absolute Gasteiger partial charge is 0.316 e. The van der Waals surface area contributed by atoms with E-state index in [0.29, 0.717) is 13.2 Å². The number of amidine groups is 1. The lowest BCUT2D eigenvalue weighted by Crippen LogP contribution is -2.41. The minimum Gasteiger partial charge on any atom is -0.494 e. The first-order chi connectivity index (χ1) is 13.2. The van der Waals surface area contributed by atoms with Crippen molar-refractivity contribution in [1.82, 2.24) is 0 Å². The fourth-order valence-electron chi connectivity index (χ4n) is 3.85. The van der Waals surface area contributed by atoms with E-state index in [2.05, 4.69) is 40.7 Å². The Labute approximate surface area is 165 Å². The van der Waals surface area contributed by atoms with Crippen LogP contribution < -0.4 is 9.64 Å². The molecule has 2 aliphatic rings. The number of aryl methyl sites for hydroxylation is 1. The number of hydrogen-bond donors (Lipinski definition) is 1. The van der Waals surface area contributed by atoms with Gasteiger partial charge >= 0.3 is 5.17 Å². The van der Waals surface area contributed by atoms with Crippen molar-refractivity contribution in [2.45, 2.75) is 32.4 Å². The number of anilines is 1. The molecule has 5 heteroatoms. The highest BCUT2D eigenvalue weighted by atomic mass is 32.2. The molecule has 0 radical (unpaired) electrons. The number of benzene rings is 2. The molecule has 2 aliphatic heterocycles. The largest absolute Gasteiger partial charge is 0.494 e. The van der Waals surface area contributed by atoms with Crippen LogP contribution in [0.15, 0.2) is 48.5 Å². The maximum absolute atomic E-state index is 11.7. The first-order valence-electron chi connectivity index (χ1n) is 9.75. The van der Waals surface area contributed by atoms with Gasteiger partial charge in [-0.3, -0.25) is 0 Å². The summed E-state index contributed by atoms with van der Waals surface area (Å²) in [6, 6.07) is 16.6. The van der Waals surface area contributed by atoms with Gasteiger partial charge in [-0.05, 0) is 73.5 Å². The van der Waals surface area contributed by atoms with E-state index in [-0.39, 0.29) is 0 Å². The second kappa shape index (κ2) is 7.56. The first kappa shape index (κ1) is 18.4. The summed E-state index contributed by atoms with van der Waals surface area (Å²) in [4.78, 5) is 2.26. The molecule has 0 saturated carbocycles. The third-order valence-corrected chi connectivity index (χ3v) is 6.52.